The number of rotatable bonds is 8. The quantitative estimate of drug-likeness (QED) is 0.509. The minimum Gasteiger partial charge on any atom is -0.481 e. The van der Waals surface area contributed by atoms with Gasteiger partial charge in [-0.25, -0.2) is 4.72 Å². The number of carbonyl (C=O) groups is 2. The molecule has 1 rings (SSSR count). The number of carbonyl (C=O) groups excluding carboxylic acids is 1. The Bertz CT molecular complexity index is 443. The second kappa shape index (κ2) is 7.55. The van der Waals surface area contributed by atoms with E-state index in [0.29, 0.717) is 25.7 Å². The Morgan fingerprint density at radius 1 is 1.25 bits per heavy atom. The first-order valence-corrected chi connectivity index (χ1v) is 8.03. The minimum absolute atomic E-state index is 0.216. The predicted molar refractivity (Wildman–Crippen MR) is 71.9 cm³/mol. The number of hydrogen-bond acceptors (Lipinski definition) is 4. The number of piperidine rings is 1. The first-order chi connectivity index (χ1) is 9.33. The Kier molecular flexibility index (Phi) is 6.37. The predicted octanol–water partition coefficient (Wildman–Crippen LogP) is -0.727. The van der Waals surface area contributed by atoms with Crippen molar-refractivity contribution >= 4 is 22.1 Å². The lowest BCUT2D eigenvalue weighted by Crippen LogP contribution is -2.46. The van der Waals surface area contributed by atoms with Crippen LogP contribution in [0.2, 0.25) is 0 Å². The van der Waals surface area contributed by atoms with E-state index < -0.39 is 28.0 Å². The third kappa shape index (κ3) is 5.43. The summed E-state index contributed by atoms with van der Waals surface area (Å²) in [6.45, 7) is 0.676. The molecule has 1 amide bonds. The van der Waals surface area contributed by atoms with Crippen LogP contribution in [-0.2, 0) is 19.8 Å². The van der Waals surface area contributed by atoms with Gasteiger partial charge in [0.05, 0.1) is 5.92 Å². The summed E-state index contributed by atoms with van der Waals surface area (Å²) < 4.78 is 27.6. The molecule has 0 aromatic carbocycles. The number of carboxylic acids is 1. The standard InChI is InChI=1S/C11H21N3O5S/c12-10(15)3-1-2-6-13-20(18,19)14-7-4-9(5-8-14)11(16)17/h9,13H,1-8H2,(H2,12,15)(H,16,17). The Morgan fingerprint density at radius 3 is 2.35 bits per heavy atom. The zero-order chi connectivity index (χ0) is 15.2. The number of hydrogen-bond donors (Lipinski definition) is 3. The molecule has 9 heteroatoms. The average Bonchev–Trinajstić information content (AvgIpc) is 2.38. The van der Waals surface area contributed by atoms with Crippen LogP contribution < -0.4 is 10.5 Å². The highest BCUT2D eigenvalue weighted by Crippen LogP contribution is 2.19. The second-order valence-corrected chi connectivity index (χ2v) is 6.59. The van der Waals surface area contributed by atoms with E-state index in [0.717, 1.165) is 0 Å². The molecular formula is C11H21N3O5S. The smallest absolute Gasteiger partial charge is 0.306 e. The highest BCUT2D eigenvalue weighted by Gasteiger charge is 2.30. The van der Waals surface area contributed by atoms with Gasteiger partial charge in [0.1, 0.15) is 0 Å². The molecule has 0 radical (unpaired) electrons. The fourth-order valence-corrected chi connectivity index (χ4v) is 3.34. The molecule has 0 saturated carbocycles. The third-order valence-corrected chi connectivity index (χ3v) is 4.89. The summed E-state index contributed by atoms with van der Waals surface area (Å²) in [4.78, 5) is 21.3. The van der Waals surface area contributed by atoms with Crippen molar-refractivity contribution in [3.05, 3.63) is 0 Å². The zero-order valence-corrected chi connectivity index (χ0v) is 12.1. The van der Waals surface area contributed by atoms with Crippen LogP contribution in [0.25, 0.3) is 0 Å². The molecule has 0 aromatic rings. The highest BCUT2D eigenvalue weighted by molar-refractivity contribution is 7.87. The molecule has 0 bridgehead atoms. The van der Waals surface area contributed by atoms with E-state index in [9.17, 15) is 18.0 Å². The summed E-state index contributed by atoms with van der Waals surface area (Å²) in [6.07, 6.45) is 1.98. The molecule has 116 valence electrons. The van der Waals surface area contributed by atoms with Crippen molar-refractivity contribution in [2.75, 3.05) is 19.6 Å². The van der Waals surface area contributed by atoms with Gasteiger partial charge in [0.2, 0.25) is 5.91 Å². The SMILES string of the molecule is NC(=O)CCCCNS(=O)(=O)N1CCC(C(=O)O)CC1. The molecule has 0 spiro atoms. The molecule has 0 unspecified atom stereocenters. The summed E-state index contributed by atoms with van der Waals surface area (Å²) in [6, 6.07) is 0. The summed E-state index contributed by atoms with van der Waals surface area (Å²) >= 11 is 0. The topological polar surface area (TPSA) is 130 Å². The number of nitrogens with zero attached hydrogens (tertiary/aromatic N) is 1. The summed E-state index contributed by atoms with van der Waals surface area (Å²) in [5.74, 6) is -1.73. The molecule has 1 saturated heterocycles. The maximum atomic E-state index is 11.9. The lowest BCUT2D eigenvalue weighted by Gasteiger charge is -2.29. The molecule has 4 N–H and O–H groups in total. The molecule has 0 atom stereocenters. The number of amides is 1. The van der Waals surface area contributed by atoms with Crippen molar-refractivity contribution in [1.82, 2.24) is 9.03 Å². The molecule has 1 fully saturated rings. The maximum Gasteiger partial charge on any atom is 0.306 e. The lowest BCUT2D eigenvalue weighted by atomic mass is 9.99. The zero-order valence-electron chi connectivity index (χ0n) is 11.2. The van der Waals surface area contributed by atoms with Crippen molar-refractivity contribution in [1.29, 1.82) is 0 Å². The monoisotopic (exact) mass is 307 g/mol. The second-order valence-electron chi connectivity index (χ2n) is 4.83. The molecule has 1 aliphatic heterocycles. The van der Waals surface area contributed by atoms with Gasteiger partial charge in [-0.05, 0) is 25.7 Å². The number of carboxylic acid groups (broad SMARTS) is 1. The first kappa shape index (κ1) is 16.9. The van der Waals surface area contributed by atoms with E-state index in [2.05, 4.69) is 4.72 Å². The van der Waals surface area contributed by atoms with Gasteiger partial charge >= 0.3 is 5.97 Å². The van der Waals surface area contributed by atoms with Crippen LogP contribution in [0.1, 0.15) is 32.1 Å². The van der Waals surface area contributed by atoms with Gasteiger partial charge in [0.25, 0.3) is 10.2 Å². The van der Waals surface area contributed by atoms with Crippen LogP contribution in [0.5, 0.6) is 0 Å². The fraction of sp³-hybridized carbons (Fsp3) is 0.818. The molecule has 20 heavy (non-hydrogen) atoms. The Hall–Kier alpha value is -1.19. The number of aliphatic carboxylic acids is 1. The normalized spacial score (nSPS) is 18.0. The van der Waals surface area contributed by atoms with Gasteiger partial charge in [-0.3, -0.25) is 9.59 Å². The van der Waals surface area contributed by atoms with Gasteiger partial charge in [0.15, 0.2) is 0 Å². The van der Waals surface area contributed by atoms with Crippen molar-refractivity contribution in [3.8, 4) is 0 Å². The summed E-state index contributed by atoms with van der Waals surface area (Å²) in [5, 5.41) is 8.85. The van der Waals surface area contributed by atoms with Gasteiger partial charge in [0, 0.05) is 26.1 Å². The Labute approximate surface area is 118 Å². The molecule has 1 aliphatic rings. The van der Waals surface area contributed by atoms with Gasteiger partial charge in [-0.15, -0.1) is 0 Å². The van der Waals surface area contributed by atoms with Crippen LogP contribution in [0, 0.1) is 5.92 Å². The Balaban J connectivity index is 2.31. The van der Waals surface area contributed by atoms with E-state index in [1.54, 1.807) is 0 Å². The van der Waals surface area contributed by atoms with Gasteiger partial charge in [-0.2, -0.15) is 12.7 Å². The molecule has 0 aliphatic carbocycles. The molecular weight excluding hydrogens is 286 g/mol. The van der Waals surface area contributed by atoms with E-state index in [4.69, 9.17) is 10.8 Å². The van der Waals surface area contributed by atoms with Crippen molar-refractivity contribution in [3.63, 3.8) is 0 Å². The van der Waals surface area contributed by atoms with Gasteiger partial charge in [-0.1, -0.05) is 0 Å². The maximum absolute atomic E-state index is 11.9. The first-order valence-electron chi connectivity index (χ1n) is 6.59. The van der Waals surface area contributed by atoms with E-state index >= 15 is 0 Å². The summed E-state index contributed by atoms with van der Waals surface area (Å²) in [5.41, 5.74) is 4.98. The number of primary amides is 1. The molecule has 1 heterocycles. The van der Waals surface area contributed by atoms with Crippen LogP contribution in [0.4, 0.5) is 0 Å². The molecule has 0 aromatic heterocycles. The van der Waals surface area contributed by atoms with E-state index in [1.807, 2.05) is 0 Å². The van der Waals surface area contributed by atoms with Crippen molar-refractivity contribution in [2.45, 2.75) is 32.1 Å². The van der Waals surface area contributed by atoms with Crippen LogP contribution in [0.15, 0.2) is 0 Å². The number of unbranched alkanes of at least 4 members (excludes halogenated alkanes) is 1. The van der Waals surface area contributed by atoms with Crippen LogP contribution >= 0.6 is 0 Å². The minimum atomic E-state index is -3.56. The van der Waals surface area contributed by atoms with Crippen LogP contribution in [-0.4, -0.2) is 49.3 Å². The number of nitrogens with one attached hydrogen (secondary N) is 1. The van der Waals surface area contributed by atoms with Crippen LogP contribution in [0.3, 0.4) is 0 Å². The third-order valence-electron chi connectivity index (χ3n) is 3.28. The average molecular weight is 307 g/mol. The largest absolute Gasteiger partial charge is 0.481 e. The van der Waals surface area contributed by atoms with E-state index in [-0.39, 0.29) is 26.1 Å². The fourth-order valence-electron chi connectivity index (χ4n) is 2.06. The van der Waals surface area contributed by atoms with Crippen molar-refractivity contribution in [2.24, 2.45) is 11.7 Å². The van der Waals surface area contributed by atoms with Crippen molar-refractivity contribution < 1.29 is 23.1 Å². The lowest BCUT2D eigenvalue weighted by molar-refractivity contribution is -0.143. The number of nitrogens with two attached hydrogens (primary N) is 1. The highest BCUT2D eigenvalue weighted by atomic mass is 32.2. The molecule has 8 nitrogen and oxygen atoms in total. The van der Waals surface area contributed by atoms with E-state index in [1.165, 1.54) is 4.31 Å². The Morgan fingerprint density at radius 2 is 1.85 bits per heavy atom. The van der Waals surface area contributed by atoms with Gasteiger partial charge < -0.3 is 10.8 Å². The summed E-state index contributed by atoms with van der Waals surface area (Å²) in [7, 11) is -3.56.